The number of aliphatic imine (C=N–C) groups is 2. The van der Waals surface area contributed by atoms with Crippen molar-refractivity contribution in [2.45, 2.75) is 11.8 Å². The van der Waals surface area contributed by atoms with Crippen LogP contribution in [0, 0.1) is 6.92 Å². The summed E-state index contributed by atoms with van der Waals surface area (Å²) in [6, 6.07) is 25.4. The fourth-order valence-corrected chi connectivity index (χ4v) is 5.15. The van der Waals surface area contributed by atoms with Crippen molar-refractivity contribution in [3.8, 4) is 0 Å². The zero-order chi connectivity index (χ0) is 26.9. The third-order valence-corrected chi connectivity index (χ3v) is 7.26. The van der Waals surface area contributed by atoms with Crippen LogP contribution in [0.4, 0.5) is 22.7 Å². The van der Waals surface area contributed by atoms with Crippen molar-refractivity contribution in [3.05, 3.63) is 113 Å². The number of nitrogens with zero attached hydrogens (tertiary/aromatic N) is 2. The molecule has 38 heavy (non-hydrogen) atoms. The molecule has 0 fully saturated rings. The van der Waals surface area contributed by atoms with Crippen LogP contribution < -0.4 is 11.1 Å². The molecule has 0 aliphatic heterocycles. The maximum atomic E-state index is 12.4. The second-order valence-electron chi connectivity index (χ2n) is 8.69. The summed E-state index contributed by atoms with van der Waals surface area (Å²) in [5, 5.41) is 4.16. The number of anilines is 2. The van der Waals surface area contributed by atoms with E-state index in [0.717, 1.165) is 16.9 Å². The Labute approximate surface area is 226 Å². The standard InChI is InChI=1S/C29H24N4O3S2/c1-18-15-25(32-20-11-6-3-7-12-20)28-21(13-8-14-27(28)38(34,35)36)29(18)33-24-17-26(37)22(30)16-23(24)31-19-9-4-2-5-10-19/h2-17,32,37H,30H2,1H3,(H,34,35,36)/b31-23+,33-24-. The Morgan fingerprint density at radius 1 is 0.868 bits per heavy atom. The van der Waals surface area contributed by atoms with E-state index < -0.39 is 10.1 Å². The Morgan fingerprint density at radius 3 is 2.21 bits per heavy atom. The van der Waals surface area contributed by atoms with Crippen LogP contribution in [0.1, 0.15) is 5.56 Å². The van der Waals surface area contributed by atoms with Gasteiger partial charge in [-0.25, -0.2) is 9.98 Å². The van der Waals surface area contributed by atoms with E-state index >= 15 is 0 Å². The average molecular weight is 541 g/mol. The molecule has 0 amide bonds. The van der Waals surface area contributed by atoms with Crippen LogP contribution in [-0.4, -0.2) is 24.4 Å². The molecule has 0 radical (unpaired) electrons. The minimum atomic E-state index is -4.54. The predicted octanol–water partition coefficient (Wildman–Crippen LogP) is 6.65. The lowest BCUT2D eigenvalue weighted by molar-refractivity contribution is 0.484. The number of thiol groups is 1. The highest BCUT2D eigenvalue weighted by atomic mass is 32.2. The molecule has 0 aromatic heterocycles. The minimum Gasteiger partial charge on any atom is -0.398 e. The first-order valence-corrected chi connectivity index (χ1v) is 13.6. The van der Waals surface area contributed by atoms with E-state index in [0.29, 0.717) is 44.2 Å². The normalized spacial score (nSPS) is 16.0. The van der Waals surface area contributed by atoms with Gasteiger partial charge in [0, 0.05) is 32.7 Å². The van der Waals surface area contributed by atoms with E-state index in [4.69, 9.17) is 15.7 Å². The summed E-state index contributed by atoms with van der Waals surface area (Å²) in [5.41, 5.74) is 11.0. The molecule has 4 N–H and O–H groups in total. The lowest BCUT2D eigenvalue weighted by Crippen LogP contribution is -2.17. The number of nitrogens with two attached hydrogens (primary N) is 1. The molecular weight excluding hydrogens is 516 g/mol. The molecule has 190 valence electrons. The molecule has 7 nitrogen and oxygen atoms in total. The van der Waals surface area contributed by atoms with Crippen LogP contribution in [0.3, 0.4) is 0 Å². The lowest BCUT2D eigenvalue weighted by Gasteiger charge is -2.18. The molecule has 9 heteroatoms. The SMILES string of the molecule is Cc1cc(Nc2ccccc2)c2c(S(=O)(=O)O)cccc2c1/N=C1/C=C(S)C(N)=C/C1=N\c1ccccc1. The number of hydrogen-bond acceptors (Lipinski definition) is 7. The van der Waals surface area contributed by atoms with E-state index in [1.54, 1.807) is 24.3 Å². The van der Waals surface area contributed by atoms with E-state index in [-0.39, 0.29) is 4.90 Å². The van der Waals surface area contributed by atoms with Crippen LogP contribution >= 0.6 is 12.6 Å². The van der Waals surface area contributed by atoms with Gasteiger partial charge in [0.25, 0.3) is 10.1 Å². The van der Waals surface area contributed by atoms with Crippen LogP contribution in [0.5, 0.6) is 0 Å². The third kappa shape index (κ3) is 5.26. The summed E-state index contributed by atoms with van der Waals surface area (Å²) >= 11 is 4.48. The topological polar surface area (TPSA) is 117 Å². The monoisotopic (exact) mass is 540 g/mol. The van der Waals surface area contributed by atoms with E-state index in [1.165, 1.54) is 6.07 Å². The first-order chi connectivity index (χ1) is 18.2. The summed E-state index contributed by atoms with van der Waals surface area (Å²) in [7, 11) is -4.54. The van der Waals surface area contributed by atoms with Gasteiger partial charge in [-0.3, -0.25) is 4.55 Å². The first-order valence-electron chi connectivity index (χ1n) is 11.7. The van der Waals surface area contributed by atoms with Crippen molar-refractivity contribution >= 4 is 67.7 Å². The van der Waals surface area contributed by atoms with Gasteiger partial charge in [0.1, 0.15) is 4.90 Å². The molecule has 0 saturated carbocycles. The number of benzene rings is 4. The van der Waals surface area contributed by atoms with Crippen molar-refractivity contribution in [3.63, 3.8) is 0 Å². The number of hydrogen-bond donors (Lipinski definition) is 4. The molecule has 4 aromatic rings. The first kappa shape index (κ1) is 25.5. The number of nitrogens with one attached hydrogen (secondary N) is 1. The Hall–Kier alpha value is -4.18. The van der Waals surface area contributed by atoms with E-state index in [2.05, 4.69) is 17.9 Å². The Morgan fingerprint density at radius 2 is 1.53 bits per heavy atom. The molecule has 0 heterocycles. The summed E-state index contributed by atoms with van der Waals surface area (Å²) < 4.78 is 34.9. The molecule has 1 aliphatic rings. The molecule has 5 rings (SSSR count). The number of aryl methyl sites for hydroxylation is 1. The number of allylic oxidation sites excluding steroid dienone is 2. The number of fused-ring (bicyclic) bond motifs is 1. The lowest BCUT2D eigenvalue weighted by atomic mass is 10.0. The van der Waals surface area contributed by atoms with Gasteiger partial charge in [0.15, 0.2) is 0 Å². The average Bonchev–Trinajstić information content (AvgIpc) is 2.89. The summed E-state index contributed by atoms with van der Waals surface area (Å²) in [6.45, 7) is 1.89. The second kappa shape index (κ2) is 10.3. The largest absolute Gasteiger partial charge is 0.398 e. The second-order valence-corrected chi connectivity index (χ2v) is 10.6. The van der Waals surface area contributed by atoms with Gasteiger partial charge in [-0.15, -0.1) is 12.6 Å². The zero-order valence-corrected chi connectivity index (χ0v) is 22.0. The smallest absolute Gasteiger partial charge is 0.295 e. The fourth-order valence-electron chi connectivity index (χ4n) is 4.24. The van der Waals surface area contributed by atoms with Gasteiger partial charge < -0.3 is 11.1 Å². The summed E-state index contributed by atoms with van der Waals surface area (Å²) in [4.78, 5) is 9.98. The van der Waals surface area contributed by atoms with Crippen LogP contribution in [-0.2, 0) is 10.1 Å². The van der Waals surface area contributed by atoms with Gasteiger partial charge in [-0.2, -0.15) is 8.42 Å². The third-order valence-electron chi connectivity index (χ3n) is 5.98. The highest BCUT2D eigenvalue weighted by Crippen LogP contribution is 2.40. The molecular formula is C29H24N4O3S2. The van der Waals surface area contributed by atoms with Crippen molar-refractivity contribution in [1.29, 1.82) is 0 Å². The Balaban J connectivity index is 1.76. The molecule has 0 saturated heterocycles. The maximum Gasteiger partial charge on any atom is 0.295 e. The van der Waals surface area contributed by atoms with Crippen molar-refractivity contribution in [1.82, 2.24) is 0 Å². The summed E-state index contributed by atoms with van der Waals surface area (Å²) in [5.74, 6) is 0. The molecule has 0 atom stereocenters. The minimum absolute atomic E-state index is 0.216. The van der Waals surface area contributed by atoms with Crippen LogP contribution in [0.15, 0.2) is 123 Å². The van der Waals surface area contributed by atoms with Crippen molar-refractivity contribution in [2.75, 3.05) is 5.32 Å². The van der Waals surface area contributed by atoms with Gasteiger partial charge in [-0.05, 0) is 61.0 Å². The molecule has 0 spiro atoms. The van der Waals surface area contributed by atoms with Crippen molar-refractivity contribution < 1.29 is 13.0 Å². The van der Waals surface area contributed by atoms with Crippen molar-refractivity contribution in [2.24, 2.45) is 15.7 Å². The highest BCUT2D eigenvalue weighted by Gasteiger charge is 2.21. The number of para-hydroxylation sites is 2. The quantitative estimate of drug-likeness (QED) is 0.128. The highest BCUT2D eigenvalue weighted by molar-refractivity contribution is 7.86. The molecule has 0 unspecified atom stereocenters. The van der Waals surface area contributed by atoms with Gasteiger partial charge in [0.2, 0.25) is 0 Å². The van der Waals surface area contributed by atoms with Gasteiger partial charge in [0.05, 0.1) is 22.8 Å². The summed E-state index contributed by atoms with van der Waals surface area (Å²) in [6.07, 6.45) is 3.44. The Bertz CT molecular complexity index is 1780. The maximum absolute atomic E-state index is 12.4. The fraction of sp³-hybridized carbons (Fsp3) is 0.0345. The Kier molecular flexibility index (Phi) is 6.90. The van der Waals surface area contributed by atoms with E-state index in [9.17, 15) is 13.0 Å². The van der Waals surface area contributed by atoms with Crippen LogP contribution in [0.2, 0.25) is 0 Å². The number of rotatable bonds is 5. The molecule has 4 aromatic carbocycles. The van der Waals surface area contributed by atoms with E-state index in [1.807, 2.05) is 73.7 Å². The molecule has 0 bridgehead atoms. The predicted molar refractivity (Wildman–Crippen MR) is 158 cm³/mol. The van der Waals surface area contributed by atoms with Crippen LogP contribution in [0.25, 0.3) is 10.8 Å². The van der Waals surface area contributed by atoms with Gasteiger partial charge >= 0.3 is 0 Å². The zero-order valence-electron chi connectivity index (χ0n) is 20.3. The van der Waals surface area contributed by atoms with Gasteiger partial charge in [-0.1, -0.05) is 48.5 Å². The molecule has 1 aliphatic carbocycles.